The van der Waals surface area contributed by atoms with E-state index in [9.17, 15) is 4.79 Å². The second-order valence-electron chi connectivity index (χ2n) is 6.92. The Bertz CT molecular complexity index is 539. The molecule has 1 amide bonds. The van der Waals surface area contributed by atoms with Crippen molar-refractivity contribution in [3.63, 3.8) is 0 Å². The molecule has 0 bridgehead atoms. The summed E-state index contributed by atoms with van der Waals surface area (Å²) in [5.74, 6) is 0.531. The van der Waals surface area contributed by atoms with Crippen molar-refractivity contribution >= 4 is 34.1 Å². The molecule has 0 atom stereocenters. The van der Waals surface area contributed by atoms with Crippen molar-refractivity contribution in [1.29, 1.82) is 0 Å². The number of nitrogens with one attached hydrogen (secondary N) is 2. The normalized spacial score (nSPS) is 20.5. The van der Waals surface area contributed by atoms with E-state index in [1.54, 1.807) is 11.3 Å². The van der Waals surface area contributed by atoms with E-state index in [1.807, 2.05) is 0 Å². The zero-order valence-electron chi connectivity index (χ0n) is 15.0. The second kappa shape index (κ2) is 9.73. The highest BCUT2D eigenvalue weighted by molar-refractivity contribution is 8.01. The standard InChI is InChI=1S/C17H29N5OS2/c1-2-22-10-8-14(9-11-22)18-15(23)12-24-17-21-20-16(25-17)19-13-6-4-3-5-7-13/h13-14H,2-12H2,1H3,(H,18,23)(H,19,20). The van der Waals surface area contributed by atoms with Gasteiger partial charge in [0, 0.05) is 25.2 Å². The van der Waals surface area contributed by atoms with E-state index in [4.69, 9.17) is 0 Å². The van der Waals surface area contributed by atoms with E-state index >= 15 is 0 Å². The molecule has 0 aromatic carbocycles. The van der Waals surface area contributed by atoms with Gasteiger partial charge < -0.3 is 15.5 Å². The monoisotopic (exact) mass is 383 g/mol. The number of anilines is 1. The van der Waals surface area contributed by atoms with Gasteiger partial charge in [0.05, 0.1) is 5.75 Å². The molecule has 0 unspecified atom stereocenters. The SMILES string of the molecule is CCN1CCC(NC(=O)CSc2nnc(NC3CCCCC3)s2)CC1. The molecule has 1 saturated carbocycles. The number of nitrogens with zero attached hydrogens (tertiary/aromatic N) is 3. The maximum absolute atomic E-state index is 12.2. The summed E-state index contributed by atoms with van der Waals surface area (Å²) < 4.78 is 0.870. The van der Waals surface area contributed by atoms with Gasteiger partial charge in [0.2, 0.25) is 11.0 Å². The predicted molar refractivity (Wildman–Crippen MR) is 104 cm³/mol. The highest BCUT2D eigenvalue weighted by Crippen LogP contribution is 2.28. The van der Waals surface area contributed by atoms with Gasteiger partial charge >= 0.3 is 0 Å². The number of hydrogen-bond donors (Lipinski definition) is 2. The summed E-state index contributed by atoms with van der Waals surface area (Å²) in [6.07, 6.45) is 8.51. The van der Waals surface area contributed by atoms with Crippen LogP contribution >= 0.6 is 23.1 Å². The molecule has 1 aromatic rings. The first-order valence-electron chi connectivity index (χ1n) is 9.47. The van der Waals surface area contributed by atoms with E-state index in [2.05, 4.69) is 32.7 Å². The summed E-state index contributed by atoms with van der Waals surface area (Å²) in [6.45, 7) is 5.46. The van der Waals surface area contributed by atoms with E-state index in [-0.39, 0.29) is 5.91 Å². The quantitative estimate of drug-likeness (QED) is 0.706. The van der Waals surface area contributed by atoms with Crippen LogP contribution < -0.4 is 10.6 Å². The Hall–Kier alpha value is -0.860. The van der Waals surface area contributed by atoms with Crippen LogP contribution in [0, 0.1) is 0 Å². The molecule has 1 aromatic heterocycles. The minimum Gasteiger partial charge on any atom is -0.357 e. The third-order valence-corrected chi connectivity index (χ3v) is 7.05. The van der Waals surface area contributed by atoms with Crippen LogP contribution in [0.2, 0.25) is 0 Å². The Balaban J connectivity index is 1.36. The molecule has 2 fully saturated rings. The fourth-order valence-electron chi connectivity index (χ4n) is 3.54. The van der Waals surface area contributed by atoms with Gasteiger partial charge in [-0.15, -0.1) is 10.2 Å². The average Bonchev–Trinajstić information content (AvgIpc) is 3.09. The Kier molecular flexibility index (Phi) is 7.36. The molecule has 0 radical (unpaired) electrons. The topological polar surface area (TPSA) is 70.2 Å². The minimum atomic E-state index is 0.108. The number of piperidine rings is 1. The Labute approximate surface area is 158 Å². The van der Waals surface area contributed by atoms with Gasteiger partial charge in [-0.1, -0.05) is 49.3 Å². The van der Waals surface area contributed by atoms with Gasteiger partial charge in [-0.2, -0.15) is 0 Å². The molecule has 1 saturated heterocycles. The van der Waals surface area contributed by atoms with Gasteiger partial charge in [0.1, 0.15) is 0 Å². The summed E-state index contributed by atoms with van der Waals surface area (Å²) >= 11 is 3.05. The summed E-state index contributed by atoms with van der Waals surface area (Å²) in [5.41, 5.74) is 0. The highest BCUT2D eigenvalue weighted by atomic mass is 32.2. The van der Waals surface area contributed by atoms with Crippen LogP contribution in [0.25, 0.3) is 0 Å². The lowest BCUT2D eigenvalue weighted by atomic mass is 9.96. The highest BCUT2D eigenvalue weighted by Gasteiger charge is 2.20. The molecule has 3 rings (SSSR count). The lowest BCUT2D eigenvalue weighted by molar-refractivity contribution is -0.119. The molecule has 0 spiro atoms. The second-order valence-corrected chi connectivity index (χ2v) is 9.12. The van der Waals surface area contributed by atoms with E-state index in [0.29, 0.717) is 17.8 Å². The molecule has 2 N–H and O–H groups in total. The molecular formula is C17H29N5OS2. The predicted octanol–water partition coefficient (Wildman–Crippen LogP) is 2.98. The van der Waals surface area contributed by atoms with Crippen molar-refractivity contribution in [3.8, 4) is 0 Å². The Morgan fingerprint density at radius 3 is 2.64 bits per heavy atom. The number of hydrogen-bond acceptors (Lipinski definition) is 7. The zero-order valence-corrected chi connectivity index (χ0v) is 16.6. The third kappa shape index (κ3) is 6.11. The van der Waals surface area contributed by atoms with Crippen LogP contribution in [0.4, 0.5) is 5.13 Å². The van der Waals surface area contributed by atoms with Crippen molar-refractivity contribution < 1.29 is 4.79 Å². The van der Waals surface area contributed by atoms with Crippen LogP contribution in [0.5, 0.6) is 0 Å². The number of rotatable bonds is 7. The minimum absolute atomic E-state index is 0.108. The van der Waals surface area contributed by atoms with Gasteiger partial charge in [-0.3, -0.25) is 4.79 Å². The van der Waals surface area contributed by atoms with E-state index in [1.165, 1.54) is 43.9 Å². The smallest absolute Gasteiger partial charge is 0.230 e. The average molecular weight is 384 g/mol. The number of aromatic nitrogens is 2. The van der Waals surface area contributed by atoms with Gasteiger partial charge in [-0.05, 0) is 32.2 Å². The van der Waals surface area contributed by atoms with Gasteiger partial charge in [0.25, 0.3) is 0 Å². The third-order valence-electron chi connectivity index (χ3n) is 5.07. The van der Waals surface area contributed by atoms with Crippen molar-refractivity contribution in [2.45, 2.75) is 68.3 Å². The molecule has 25 heavy (non-hydrogen) atoms. The first-order valence-corrected chi connectivity index (χ1v) is 11.3. The molecule has 8 heteroatoms. The Morgan fingerprint density at radius 2 is 1.92 bits per heavy atom. The molecule has 140 valence electrons. The molecule has 2 heterocycles. The number of likely N-dealkylation sites (tertiary alicyclic amines) is 1. The lowest BCUT2D eigenvalue weighted by Crippen LogP contribution is -2.45. The number of carbonyl (C=O) groups is 1. The van der Waals surface area contributed by atoms with Crippen LogP contribution in [-0.4, -0.2) is 58.5 Å². The lowest BCUT2D eigenvalue weighted by Gasteiger charge is -2.31. The van der Waals surface area contributed by atoms with Crippen LogP contribution in [0.15, 0.2) is 4.34 Å². The van der Waals surface area contributed by atoms with Crippen LogP contribution in [-0.2, 0) is 4.79 Å². The molecule has 1 aliphatic heterocycles. The summed E-state index contributed by atoms with van der Waals surface area (Å²) in [7, 11) is 0. The van der Waals surface area contributed by atoms with E-state index < -0.39 is 0 Å². The first-order chi connectivity index (χ1) is 12.2. The van der Waals surface area contributed by atoms with Crippen molar-refractivity contribution in [2.24, 2.45) is 0 Å². The van der Waals surface area contributed by atoms with Crippen LogP contribution in [0.1, 0.15) is 51.9 Å². The maximum atomic E-state index is 12.2. The summed E-state index contributed by atoms with van der Waals surface area (Å²) in [4.78, 5) is 14.6. The first kappa shape index (κ1) is 18.9. The fraction of sp³-hybridized carbons (Fsp3) is 0.824. The van der Waals surface area contributed by atoms with Crippen molar-refractivity contribution in [3.05, 3.63) is 0 Å². The largest absolute Gasteiger partial charge is 0.357 e. The fourth-order valence-corrected chi connectivity index (χ4v) is 5.18. The van der Waals surface area contributed by atoms with Crippen LogP contribution in [0.3, 0.4) is 0 Å². The van der Waals surface area contributed by atoms with Gasteiger partial charge in [-0.25, -0.2) is 0 Å². The number of amides is 1. The molecule has 6 nitrogen and oxygen atoms in total. The molecular weight excluding hydrogens is 354 g/mol. The number of carbonyl (C=O) groups excluding carboxylic acids is 1. The van der Waals surface area contributed by atoms with Gasteiger partial charge in [0.15, 0.2) is 4.34 Å². The maximum Gasteiger partial charge on any atom is 0.230 e. The molecule has 2 aliphatic rings. The zero-order chi connectivity index (χ0) is 17.5. The Morgan fingerprint density at radius 1 is 1.16 bits per heavy atom. The summed E-state index contributed by atoms with van der Waals surface area (Å²) in [5, 5.41) is 16.0. The molecule has 1 aliphatic carbocycles. The van der Waals surface area contributed by atoms with Crippen molar-refractivity contribution in [1.82, 2.24) is 20.4 Å². The summed E-state index contributed by atoms with van der Waals surface area (Å²) in [6, 6.07) is 0.866. The van der Waals surface area contributed by atoms with Crippen molar-refractivity contribution in [2.75, 3.05) is 30.7 Å². The van der Waals surface area contributed by atoms with E-state index in [0.717, 1.165) is 41.9 Å². The number of thioether (sulfide) groups is 1.